The molecule has 2 N–H and O–H groups in total. The van der Waals surface area contributed by atoms with Gasteiger partial charge in [-0.1, -0.05) is 0 Å². The van der Waals surface area contributed by atoms with Crippen LogP contribution >= 0.6 is 0 Å². The van der Waals surface area contributed by atoms with Gasteiger partial charge in [0.1, 0.15) is 0 Å². The van der Waals surface area contributed by atoms with Crippen LogP contribution in [-0.4, -0.2) is 33.6 Å². The van der Waals surface area contributed by atoms with Crippen molar-refractivity contribution >= 4 is 15.5 Å². The van der Waals surface area contributed by atoms with E-state index in [1.54, 1.807) is 0 Å². The lowest BCUT2D eigenvalue weighted by Gasteiger charge is -2.22. The summed E-state index contributed by atoms with van der Waals surface area (Å²) in [7, 11) is -5.28. The Morgan fingerprint density at radius 3 is 2.11 bits per heavy atom. The topological polar surface area (TPSA) is 63.4 Å². The molecule has 0 unspecified atom stereocenters. The summed E-state index contributed by atoms with van der Waals surface area (Å²) in [5.74, 6) is 0. The van der Waals surface area contributed by atoms with Gasteiger partial charge in [0.25, 0.3) is 9.84 Å². The first-order valence-corrected chi connectivity index (χ1v) is 7.08. The zero-order valence-corrected chi connectivity index (χ0v) is 11.1. The maximum atomic E-state index is 12.4. The predicted octanol–water partition coefficient (Wildman–Crippen LogP) is 1.77. The summed E-state index contributed by atoms with van der Waals surface area (Å²) in [5.41, 5.74) is 0.764. The first-order chi connectivity index (χ1) is 8.74. The highest BCUT2D eigenvalue weighted by Gasteiger charge is 2.46. The van der Waals surface area contributed by atoms with E-state index in [2.05, 4.69) is 0 Å². The number of nitrogens with zero attached hydrogens (tertiary/aromatic N) is 1. The van der Waals surface area contributed by atoms with Crippen LogP contribution in [0.5, 0.6) is 0 Å². The molecule has 1 rings (SSSR count). The molecule has 0 fully saturated rings. The van der Waals surface area contributed by atoms with Gasteiger partial charge in [-0.25, -0.2) is 8.42 Å². The summed E-state index contributed by atoms with van der Waals surface area (Å²) in [6.07, 6.45) is 0. The average molecular weight is 296 g/mol. The first-order valence-electron chi connectivity index (χ1n) is 5.60. The van der Waals surface area contributed by atoms with Crippen LogP contribution in [0.15, 0.2) is 29.2 Å². The van der Waals surface area contributed by atoms with Gasteiger partial charge in [0.2, 0.25) is 0 Å². The van der Waals surface area contributed by atoms with Crippen molar-refractivity contribution < 1.29 is 21.6 Å². The van der Waals surface area contributed by atoms with E-state index in [9.17, 15) is 21.6 Å². The molecule has 0 aliphatic rings. The largest absolute Gasteiger partial charge is 0.501 e. The smallest absolute Gasteiger partial charge is 0.371 e. The fourth-order valence-electron chi connectivity index (χ4n) is 1.60. The van der Waals surface area contributed by atoms with Crippen molar-refractivity contribution in [3.8, 4) is 0 Å². The molecule has 0 radical (unpaired) electrons. The molecule has 1 aromatic rings. The zero-order chi connectivity index (χ0) is 14.7. The summed E-state index contributed by atoms with van der Waals surface area (Å²) < 4.78 is 59.4. The molecular weight excluding hydrogens is 281 g/mol. The van der Waals surface area contributed by atoms with Crippen molar-refractivity contribution in [3.05, 3.63) is 24.3 Å². The first kappa shape index (κ1) is 15.8. The van der Waals surface area contributed by atoms with Crippen LogP contribution in [0.4, 0.5) is 18.9 Å². The average Bonchev–Trinajstić information content (AvgIpc) is 2.35. The van der Waals surface area contributed by atoms with Gasteiger partial charge in [-0.05, 0) is 31.2 Å². The molecule has 19 heavy (non-hydrogen) atoms. The third kappa shape index (κ3) is 3.38. The van der Waals surface area contributed by atoms with Crippen molar-refractivity contribution in [1.82, 2.24) is 0 Å². The molecule has 0 aliphatic heterocycles. The quantitative estimate of drug-likeness (QED) is 0.899. The monoisotopic (exact) mass is 296 g/mol. The second kappa shape index (κ2) is 5.79. The van der Waals surface area contributed by atoms with E-state index in [1.807, 2.05) is 11.8 Å². The van der Waals surface area contributed by atoms with Gasteiger partial charge >= 0.3 is 5.51 Å². The molecule has 0 spiro atoms. The molecule has 8 heteroatoms. The van der Waals surface area contributed by atoms with Crippen LogP contribution < -0.4 is 10.6 Å². The SMILES string of the molecule is CCN(CCN)c1ccc(S(=O)(=O)C(F)(F)F)cc1. The van der Waals surface area contributed by atoms with Gasteiger partial charge < -0.3 is 10.6 Å². The third-order valence-corrected chi connectivity index (χ3v) is 4.10. The van der Waals surface area contributed by atoms with Crippen molar-refractivity contribution in [2.75, 3.05) is 24.5 Å². The Labute approximate surface area is 109 Å². The van der Waals surface area contributed by atoms with E-state index in [0.717, 1.165) is 12.1 Å². The molecule has 0 heterocycles. The minimum Gasteiger partial charge on any atom is -0.371 e. The third-order valence-electron chi connectivity index (χ3n) is 2.60. The number of hydrogen-bond donors (Lipinski definition) is 1. The molecule has 0 aromatic heterocycles. The molecule has 0 amide bonds. The lowest BCUT2D eigenvalue weighted by atomic mass is 10.3. The number of hydrogen-bond acceptors (Lipinski definition) is 4. The van der Waals surface area contributed by atoms with Gasteiger partial charge in [0.15, 0.2) is 0 Å². The normalized spacial score (nSPS) is 12.5. The fraction of sp³-hybridized carbons (Fsp3) is 0.455. The second-order valence-corrected chi connectivity index (χ2v) is 5.75. The summed E-state index contributed by atoms with van der Waals surface area (Å²) in [4.78, 5) is 1.08. The highest BCUT2D eigenvalue weighted by Crippen LogP contribution is 2.31. The molecule has 0 saturated heterocycles. The lowest BCUT2D eigenvalue weighted by molar-refractivity contribution is -0.0436. The Morgan fingerprint density at radius 2 is 1.74 bits per heavy atom. The standard InChI is InChI=1S/C11H15F3N2O2S/c1-2-16(8-7-15)9-3-5-10(6-4-9)19(17,18)11(12,13)14/h3-6H,2,7-8,15H2,1H3. The minimum absolute atomic E-state index is 0.399. The summed E-state index contributed by atoms with van der Waals surface area (Å²) >= 11 is 0. The highest BCUT2D eigenvalue weighted by molar-refractivity contribution is 7.92. The predicted molar refractivity (Wildman–Crippen MR) is 66.6 cm³/mol. The number of sulfone groups is 1. The lowest BCUT2D eigenvalue weighted by Crippen LogP contribution is -2.29. The molecule has 0 bridgehead atoms. The van der Waals surface area contributed by atoms with E-state index in [4.69, 9.17) is 5.73 Å². The molecule has 108 valence electrons. The van der Waals surface area contributed by atoms with Crippen LogP contribution in [0.25, 0.3) is 0 Å². The minimum atomic E-state index is -5.28. The Kier molecular flexibility index (Phi) is 4.81. The van der Waals surface area contributed by atoms with E-state index in [0.29, 0.717) is 25.3 Å². The van der Waals surface area contributed by atoms with E-state index < -0.39 is 20.2 Å². The molecule has 4 nitrogen and oxygen atoms in total. The van der Waals surface area contributed by atoms with Crippen LogP contribution in [0.2, 0.25) is 0 Å². The van der Waals surface area contributed by atoms with E-state index in [-0.39, 0.29) is 0 Å². The second-order valence-electron chi connectivity index (χ2n) is 3.81. The number of anilines is 1. The van der Waals surface area contributed by atoms with Gasteiger partial charge in [0, 0.05) is 25.3 Å². The Hall–Kier alpha value is -1.28. The van der Waals surface area contributed by atoms with Crippen LogP contribution in [0.1, 0.15) is 6.92 Å². The maximum Gasteiger partial charge on any atom is 0.501 e. The van der Waals surface area contributed by atoms with Crippen molar-refractivity contribution in [2.24, 2.45) is 5.73 Å². The number of nitrogens with two attached hydrogens (primary N) is 1. The fourth-order valence-corrected chi connectivity index (χ4v) is 2.36. The van der Waals surface area contributed by atoms with Crippen LogP contribution in [0.3, 0.4) is 0 Å². The van der Waals surface area contributed by atoms with Crippen molar-refractivity contribution in [1.29, 1.82) is 0 Å². The highest BCUT2D eigenvalue weighted by atomic mass is 32.2. The number of likely N-dealkylation sites (N-methyl/N-ethyl adjacent to an activating group) is 1. The van der Waals surface area contributed by atoms with Gasteiger partial charge in [0.05, 0.1) is 4.90 Å². The molecule has 0 atom stereocenters. The summed E-state index contributed by atoms with van der Waals surface area (Å²) in [5, 5.41) is 0. The van der Waals surface area contributed by atoms with E-state index >= 15 is 0 Å². The van der Waals surface area contributed by atoms with E-state index in [1.165, 1.54) is 12.1 Å². The van der Waals surface area contributed by atoms with Gasteiger partial charge in [-0.3, -0.25) is 0 Å². The Morgan fingerprint density at radius 1 is 1.21 bits per heavy atom. The number of benzene rings is 1. The van der Waals surface area contributed by atoms with Crippen molar-refractivity contribution in [2.45, 2.75) is 17.3 Å². The van der Waals surface area contributed by atoms with Crippen LogP contribution in [-0.2, 0) is 9.84 Å². The number of alkyl halides is 3. The molecular formula is C11H15F3N2O2S. The summed E-state index contributed by atoms with van der Waals surface area (Å²) in [6.45, 7) is 3.44. The van der Waals surface area contributed by atoms with Crippen molar-refractivity contribution in [3.63, 3.8) is 0 Å². The number of halogens is 3. The molecule has 1 aromatic carbocycles. The summed E-state index contributed by atoms with van der Waals surface area (Å²) in [6, 6.07) is 4.60. The maximum absolute atomic E-state index is 12.4. The molecule has 0 aliphatic carbocycles. The van der Waals surface area contributed by atoms with Gasteiger partial charge in [-0.2, -0.15) is 13.2 Å². The van der Waals surface area contributed by atoms with Gasteiger partial charge in [-0.15, -0.1) is 0 Å². The Balaban J connectivity index is 3.06. The number of rotatable bonds is 5. The Bertz CT molecular complexity index is 512. The zero-order valence-electron chi connectivity index (χ0n) is 10.3. The van der Waals surface area contributed by atoms with Crippen LogP contribution in [0, 0.1) is 0 Å². The molecule has 0 saturated carbocycles.